The van der Waals surface area contributed by atoms with E-state index in [9.17, 15) is 4.79 Å². The predicted molar refractivity (Wildman–Crippen MR) is 118 cm³/mol. The number of carbonyl (C=O) groups is 1. The summed E-state index contributed by atoms with van der Waals surface area (Å²) in [4.78, 5) is 12.2. The van der Waals surface area contributed by atoms with Gasteiger partial charge >= 0.3 is 6.09 Å². The number of rotatable bonds is 4. The van der Waals surface area contributed by atoms with Crippen molar-refractivity contribution in [3.8, 4) is 28.7 Å². The molecule has 0 saturated carbocycles. The topological polar surface area (TPSA) is 47.6 Å². The molecule has 5 heteroatoms. The van der Waals surface area contributed by atoms with Crippen molar-refractivity contribution in [1.82, 2.24) is 5.32 Å². The van der Waals surface area contributed by atoms with E-state index >= 15 is 0 Å². The summed E-state index contributed by atoms with van der Waals surface area (Å²) in [7, 11) is 1.56. The fourth-order valence-corrected chi connectivity index (χ4v) is 3.84. The van der Waals surface area contributed by atoms with E-state index in [2.05, 4.69) is 41.4 Å². The van der Waals surface area contributed by atoms with E-state index in [1.165, 1.54) is 22.3 Å². The molecule has 0 atom stereocenters. The van der Waals surface area contributed by atoms with E-state index in [-0.39, 0.29) is 19.1 Å². The molecule has 0 spiro atoms. The summed E-state index contributed by atoms with van der Waals surface area (Å²) < 4.78 is 10.8. The smallest absolute Gasteiger partial charge is 0.407 e. The molecule has 1 N–H and O–H groups in total. The highest BCUT2D eigenvalue weighted by Crippen LogP contribution is 2.44. The van der Waals surface area contributed by atoms with Crippen LogP contribution >= 0.6 is 11.6 Å². The van der Waals surface area contributed by atoms with Crippen LogP contribution in [0.2, 0.25) is 5.02 Å². The van der Waals surface area contributed by atoms with Gasteiger partial charge in [0, 0.05) is 17.0 Å². The number of carbonyl (C=O) groups excluding carboxylic acids is 1. The second kappa shape index (κ2) is 8.94. The SMILES string of the molecule is COc1cc(Cl)ccc1C#CCNC(=O)OCC1c2ccccc2-c2ccccc21. The fourth-order valence-electron chi connectivity index (χ4n) is 3.67. The van der Waals surface area contributed by atoms with Gasteiger partial charge in [-0.2, -0.15) is 0 Å². The lowest BCUT2D eigenvalue weighted by Gasteiger charge is -2.14. The molecule has 30 heavy (non-hydrogen) atoms. The predicted octanol–water partition coefficient (Wildman–Crippen LogP) is 5.24. The number of benzene rings is 3. The zero-order valence-corrected chi connectivity index (χ0v) is 17.2. The maximum atomic E-state index is 12.2. The van der Waals surface area contributed by atoms with Gasteiger partial charge in [0.2, 0.25) is 0 Å². The first kappa shape index (κ1) is 19.9. The first-order chi connectivity index (χ1) is 14.7. The van der Waals surface area contributed by atoms with E-state index in [4.69, 9.17) is 21.1 Å². The van der Waals surface area contributed by atoms with Crippen molar-refractivity contribution in [2.24, 2.45) is 0 Å². The van der Waals surface area contributed by atoms with Gasteiger partial charge in [0.15, 0.2) is 0 Å². The van der Waals surface area contributed by atoms with Gasteiger partial charge in [0.25, 0.3) is 0 Å². The third-order valence-corrected chi connectivity index (χ3v) is 5.29. The Bertz CT molecular complexity index is 1100. The molecule has 0 bridgehead atoms. The largest absolute Gasteiger partial charge is 0.495 e. The maximum Gasteiger partial charge on any atom is 0.407 e. The minimum Gasteiger partial charge on any atom is -0.495 e. The average molecular weight is 418 g/mol. The molecule has 0 saturated heterocycles. The maximum absolute atomic E-state index is 12.2. The molecule has 0 aliphatic heterocycles. The van der Waals surface area contributed by atoms with Crippen molar-refractivity contribution in [2.45, 2.75) is 5.92 Å². The number of hydrogen-bond donors (Lipinski definition) is 1. The van der Waals surface area contributed by atoms with Crippen LogP contribution in [0.4, 0.5) is 4.79 Å². The average Bonchev–Trinajstić information content (AvgIpc) is 3.10. The molecule has 4 nitrogen and oxygen atoms in total. The molecule has 150 valence electrons. The Labute approximate surface area is 180 Å². The number of nitrogens with one attached hydrogen (secondary N) is 1. The van der Waals surface area contributed by atoms with Crippen molar-refractivity contribution >= 4 is 17.7 Å². The van der Waals surface area contributed by atoms with E-state index < -0.39 is 6.09 Å². The Balaban J connectivity index is 1.35. The van der Waals surface area contributed by atoms with Crippen LogP contribution in [0.3, 0.4) is 0 Å². The zero-order valence-electron chi connectivity index (χ0n) is 16.4. The van der Waals surface area contributed by atoms with E-state index in [0.29, 0.717) is 16.3 Å². The third-order valence-electron chi connectivity index (χ3n) is 5.05. The van der Waals surface area contributed by atoms with Gasteiger partial charge < -0.3 is 14.8 Å². The van der Waals surface area contributed by atoms with Crippen LogP contribution in [0, 0.1) is 11.8 Å². The van der Waals surface area contributed by atoms with Gasteiger partial charge in [-0.15, -0.1) is 0 Å². The zero-order chi connectivity index (χ0) is 20.9. The van der Waals surface area contributed by atoms with Gasteiger partial charge in [0.05, 0.1) is 19.2 Å². The standard InChI is InChI=1S/C25H20ClNO3/c1-29-24-15-18(26)13-12-17(24)7-6-14-27-25(28)30-16-23-21-10-4-2-8-19(21)20-9-3-5-11-22(20)23/h2-5,8-13,15,23H,14,16H2,1H3,(H,27,28). The van der Waals surface area contributed by atoms with Crippen molar-refractivity contribution in [3.63, 3.8) is 0 Å². The molecule has 1 aliphatic carbocycles. The summed E-state index contributed by atoms with van der Waals surface area (Å²) >= 11 is 5.95. The normalized spacial score (nSPS) is 11.7. The summed E-state index contributed by atoms with van der Waals surface area (Å²) in [5, 5.41) is 3.25. The number of alkyl carbamates (subject to hydrolysis) is 1. The number of ether oxygens (including phenoxy) is 2. The van der Waals surface area contributed by atoms with Crippen LogP contribution in [-0.4, -0.2) is 26.4 Å². The molecule has 1 aliphatic rings. The Morgan fingerprint density at radius 2 is 1.70 bits per heavy atom. The Kier molecular flexibility index (Phi) is 5.92. The number of methoxy groups -OCH3 is 1. The highest BCUT2D eigenvalue weighted by atomic mass is 35.5. The molecule has 0 aromatic heterocycles. The molecular weight excluding hydrogens is 398 g/mol. The van der Waals surface area contributed by atoms with Crippen molar-refractivity contribution in [1.29, 1.82) is 0 Å². The molecular formula is C25H20ClNO3. The number of fused-ring (bicyclic) bond motifs is 3. The minimum atomic E-state index is -0.491. The Morgan fingerprint density at radius 3 is 2.37 bits per heavy atom. The second-order valence-electron chi connectivity index (χ2n) is 6.83. The van der Waals surface area contributed by atoms with E-state index in [0.717, 1.165) is 0 Å². The quantitative estimate of drug-likeness (QED) is 0.590. The van der Waals surface area contributed by atoms with Crippen LogP contribution in [0.1, 0.15) is 22.6 Å². The number of amides is 1. The molecule has 0 fully saturated rings. The van der Waals surface area contributed by atoms with Crippen LogP contribution in [0.25, 0.3) is 11.1 Å². The molecule has 0 heterocycles. The van der Waals surface area contributed by atoms with Crippen molar-refractivity contribution in [3.05, 3.63) is 88.4 Å². The Morgan fingerprint density at radius 1 is 1.03 bits per heavy atom. The van der Waals surface area contributed by atoms with Crippen LogP contribution < -0.4 is 10.1 Å². The second-order valence-corrected chi connectivity index (χ2v) is 7.26. The van der Waals surface area contributed by atoms with Gasteiger partial charge in [-0.3, -0.25) is 0 Å². The summed E-state index contributed by atoms with van der Waals surface area (Å²) in [6.07, 6.45) is -0.491. The molecule has 3 aromatic rings. The summed E-state index contributed by atoms with van der Waals surface area (Å²) in [6, 6.07) is 21.7. The Hall–Kier alpha value is -3.42. The minimum absolute atomic E-state index is 0.0348. The molecule has 1 amide bonds. The van der Waals surface area contributed by atoms with Gasteiger partial charge in [-0.05, 0) is 34.4 Å². The first-order valence-corrected chi connectivity index (χ1v) is 9.96. The summed E-state index contributed by atoms with van der Waals surface area (Å²) in [6.45, 7) is 0.445. The number of hydrogen-bond acceptors (Lipinski definition) is 3. The van der Waals surface area contributed by atoms with Crippen LogP contribution in [0.5, 0.6) is 5.75 Å². The fraction of sp³-hybridized carbons (Fsp3) is 0.160. The third kappa shape index (κ3) is 4.12. The lowest BCUT2D eigenvalue weighted by Crippen LogP contribution is -2.26. The monoisotopic (exact) mass is 417 g/mol. The molecule has 3 aromatic carbocycles. The van der Waals surface area contributed by atoms with Gasteiger partial charge in [-0.1, -0.05) is 72.0 Å². The summed E-state index contributed by atoms with van der Waals surface area (Å²) in [5.41, 5.74) is 5.47. The number of halogens is 1. The molecule has 0 unspecified atom stereocenters. The molecule has 0 radical (unpaired) electrons. The summed E-state index contributed by atoms with van der Waals surface area (Å²) in [5.74, 6) is 6.50. The van der Waals surface area contributed by atoms with Crippen LogP contribution in [0.15, 0.2) is 66.7 Å². The first-order valence-electron chi connectivity index (χ1n) is 9.58. The van der Waals surface area contributed by atoms with Gasteiger partial charge in [0.1, 0.15) is 12.4 Å². The lowest BCUT2D eigenvalue weighted by atomic mass is 9.98. The highest BCUT2D eigenvalue weighted by molar-refractivity contribution is 6.30. The lowest BCUT2D eigenvalue weighted by molar-refractivity contribution is 0.144. The van der Waals surface area contributed by atoms with Gasteiger partial charge in [-0.25, -0.2) is 4.79 Å². The van der Waals surface area contributed by atoms with Crippen molar-refractivity contribution < 1.29 is 14.3 Å². The van der Waals surface area contributed by atoms with Crippen LogP contribution in [-0.2, 0) is 4.74 Å². The van der Waals surface area contributed by atoms with E-state index in [1.54, 1.807) is 25.3 Å². The van der Waals surface area contributed by atoms with Crippen molar-refractivity contribution in [2.75, 3.05) is 20.3 Å². The highest BCUT2D eigenvalue weighted by Gasteiger charge is 2.28. The van der Waals surface area contributed by atoms with E-state index in [1.807, 2.05) is 24.3 Å². The molecule has 4 rings (SSSR count).